The Bertz CT molecular complexity index is 448. The maximum atomic E-state index is 11.7. The molecule has 5 nitrogen and oxygen atoms in total. The van der Waals surface area contributed by atoms with Crippen molar-refractivity contribution >= 4 is 5.78 Å². The van der Waals surface area contributed by atoms with Crippen molar-refractivity contribution in [1.82, 2.24) is 15.2 Å². The number of H-pyrrole nitrogens is 1. The normalized spacial score (nSPS) is 9.93. The van der Waals surface area contributed by atoms with Crippen LogP contribution in [-0.4, -0.2) is 28.1 Å². The summed E-state index contributed by atoms with van der Waals surface area (Å²) in [5.41, 5.74) is 0.549. The number of nitrogens with zero attached hydrogens (tertiary/aromatic N) is 2. The molecule has 0 aliphatic carbocycles. The van der Waals surface area contributed by atoms with E-state index in [4.69, 9.17) is 4.74 Å². The van der Waals surface area contributed by atoms with Crippen molar-refractivity contribution in [3.8, 4) is 5.75 Å². The standard InChI is InChI=1S/C10H9N3O2/c1-15-8-4-2-7(3-5-8)9(14)10-11-6-12-13-10/h2-6H,1H3,(H,11,12,13). The zero-order chi connectivity index (χ0) is 10.7. The van der Waals surface area contributed by atoms with Gasteiger partial charge in [0.05, 0.1) is 7.11 Å². The van der Waals surface area contributed by atoms with Gasteiger partial charge >= 0.3 is 0 Å². The van der Waals surface area contributed by atoms with E-state index in [1.807, 2.05) is 0 Å². The van der Waals surface area contributed by atoms with E-state index in [9.17, 15) is 4.79 Å². The Hall–Kier alpha value is -2.17. The lowest BCUT2D eigenvalue weighted by molar-refractivity contribution is 0.103. The van der Waals surface area contributed by atoms with E-state index in [-0.39, 0.29) is 11.6 Å². The minimum absolute atomic E-state index is 0.185. The molecule has 0 atom stereocenters. The summed E-state index contributed by atoms with van der Waals surface area (Å²) in [6, 6.07) is 6.82. The number of carbonyl (C=O) groups excluding carboxylic acids is 1. The quantitative estimate of drug-likeness (QED) is 0.757. The Labute approximate surface area is 86.1 Å². The highest BCUT2D eigenvalue weighted by Crippen LogP contribution is 2.12. The molecule has 0 radical (unpaired) electrons. The summed E-state index contributed by atoms with van der Waals surface area (Å²) in [4.78, 5) is 15.5. The predicted octanol–water partition coefficient (Wildman–Crippen LogP) is 1.04. The number of methoxy groups -OCH3 is 1. The van der Waals surface area contributed by atoms with Crippen LogP contribution in [0.5, 0.6) is 5.75 Å². The van der Waals surface area contributed by atoms with Crippen LogP contribution in [0.3, 0.4) is 0 Å². The number of ketones is 1. The number of rotatable bonds is 3. The van der Waals surface area contributed by atoms with Gasteiger partial charge in [-0.15, -0.1) is 0 Å². The van der Waals surface area contributed by atoms with Gasteiger partial charge in [0.1, 0.15) is 12.1 Å². The fourth-order valence-corrected chi connectivity index (χ4v) is 1.19. The highest BCUT2D eigenvalue weighted by atomic mass is 16.5. The van der Waals surface area contributed by atoms with Crippen LogP contribution in [-0.2, 0) is 0 Å². The number of carbonyl (C=O) groups is 1. The zero-order valence-corrected chi connectivity index (χ0v) is 8.10. The molecule has 1 heterocycles. The molecular weight excluding hydrogens is 194 g/mol. The molecule has 0 aliphatic heterocycles. The van der Waals surface area contributed by atoms with Gasteiger partial charge in [0.25, 0.3) is 0 Å². The number of benzene rings is 1. The highest BCUT2D eigenvalue weighted by molar-refractivity contribution is 6.06. The average Bonchev–Trinajstić information content (AvgIpc) is 2.82. The van der Waals surface area contributed by atoms with Gasteiger partial charge in [0, 0.05) is 5.56 Å². The van der Waals surface area contributed by atoms with Gasteiger partial charge in [-0.3, -0.25) is 9.89 Å². The van der Waals surface area contributed by atoms with Crippen molar-refractivity contribution in [3.63, 3.8) is 0 Å². The monoisotopic (exact) mass is 203 g/mol. The summed E-state index contributed by atoms with van der Waals surface area (Å²) in [7, 11) is 1.58. The van der Waals surface area contributed by atoms with Crippen molar-refractivity contribution in [1.29, 1.82) is 0 Å². The molecule has 0 unspecified atom stereocenters. The lowest BCUT2D eigenvalue weighted by Crippen LogP contribution is -2.03. The number of hydrogen-bond donors (Lipinski definition) is 1. The molecule has 0 spiro atoms. The van der Waals surface area contributed by atoms with Gasteiger partial charge in [-0.1, -0.05) is 0 Å². The molecule has 1 aromatic carbocycles. The van der Waals surface area contributed by atoms with E-state index in [1.165, 1.54) is 6.33 Å². The second-order valence-electron chi connectivity index (χ2n) is 2.89. The van der Waals surface area contributed by atoms with E-state index in [2.05, 4.69) is 15.2 Å². The van der Waals surface area contributed by atoms with Crippen LogP contribution in [0.15, 0.2) is 30.6 Å². The molecule has 76 valence electrons. The summed E-state index contributed by atoms with van der Waals surface area (Å²) in [6.07, 6.45) is 1.30. The van der Waals surface area contributed by atoms with E-state index in [0.717, 1.165) is 0 Å². The molecule has 0 aliphatic rings. The molecular formula is C10H9N3O2. The van der Waals surface area contributed by atoms with E-state index >= 15 is 0 Å². The fraction of sp³-hybridized carbons (Fsp3) is 0.100. The number of ether oxygens (including phenoxy) is 1. The summed E-state index contributed by atoms with van der Waals surface area (Å²) in [5, 5.41) is 6.14. The molecule has 2 rings (SSSR count). The van der Waals surface area contributed by atoms with Crippen LogP contribution in [0, 0.1) is 0 Å². The Morgan fingerprint density at radius 3 is 2.60 bits per heavy atom. The zero-order valence-electron chi connectivity index (χ0n) is 8.10. The van der Waals surface area contributed by atoms with Crippen LogP contribution in [0.4, 0.5) is 0 Å². The third-order valence-electron chi connectivity index (χ3n) is 1.98. The molecule has 0 saturated heterocycles. The first-order chi connectivity index (χ1) is 7.31. The molecule has 0 fully saturated rings. The smallest absolute Gasteiger partial charge is 0.229 e. The van der Waals surface area contributed by atoms with Crippen LogP contribution in [0.1, 0.15) is 16.2 Å². The lowest BCUT2D eigenvalue weighted by atomic mass is 10.1. The number of nitrogens with one attached hydrogen (secondary N) is 1. The van der Waals surface area contributed by atoms with Gasteiger partial charge in [0.2, 0.25) is 5.78 Å². The number of aromatic nitrogens is 3. The average molecular weight is 203 g/mol. The molecule has 0 saturated carbocycles. The van der Waals surface area contributed by atoms with Crippen LogP contribution in [0.25, 0.3) is 0 Å². The fourth-order valence-electron chi connectivity index (χ4n) is 1.19. The van der Waals surface area contributed by atoms with Crippen LogP contribution in [0.2, 0.25) is 0 Å². The second-order valence-corrected chi connectivity index (χ2v) is 2.89. The third-order valence-corrected chi connectivity index (χ3v) is 1.98. The maximum absolute atomic E-state index is 11.7. The molecule has 1 N–H and O–H groups in total. The molecule has 0 amide bonds. The minimum atomic E-state index is -0.185. The maximum Gasteiger partial charge on any atom is 0.229 e. The number of hydrogen-bond acceptors (Lipinski definition) is 4. The first kappa shape index (κ1) is 9.39. The molecule has 2 aromatic rings. The Morgan fingerprint density at radius 2 is 2.07 bits per heavy atom. The topological polar surface area (TPSA) is 67.9 Å². The molecule has 0 bridgehead atoms. The summed E-state index contributed by atoms with van der Waals surface area (Å²) < 4.78 is 4.99. The lowest BCUT2D eigenvalue weighted by Gasteiger charge is -2.00. The highest BCUT2D eigenvalue weighted by Gasteiger charge is 2.11. The Kier molecular flexibility index (Phi) is 2.45. The molecule has 1 aromatic heterocycles. The van der Waals surface area contributed by atoms with Crippen LogP contribution < -0.4 is 4.74 Å². The van der Waals surface area contributed by atoms with Crippen molar-refractivity contribution in [3.05, 3.63) is 42.0 Å². The number of aromatic amines is 1. The van der Waals surface area contributed by atoms with E-state index in [1.54, 1.807) is 31.4 Å². The molecule has 15 heavy (non-hydrogen) atoms. The first-order valence-corrected chi connectivity index (χ1v) is 4.35. The van der Waals surface area contributed by atoms with Crippen molar-refractivity contribution in [2.24, 2.45) is 0 Å². The predicted molar refractivity (Wildman–Crippen MR) is 52.8 cm³/mol. The first-order valence-electron chi connectivity index (χ1n) is 4.35. The van der Waals surface area contributed by atoms with Gasteiger partial charge < -0.3 is 4.74 Å². The van der Waals surface area contributed by atoms with Gasteiger partial charge in [-0.05, 0) is 24.3 Å². The van der Waals surface area contributed by atoms with E-state index < -0.39 is 0 Å². The van der Waals surface area contributed by atoms with Gasteiger partial charge in [-0.2, -0.15) is 5.10 Å². The van der Waals surface area contributed by atoms with Gasteiger partial charge in [-0.25, -0.2) is 4.98 Å². The van der Waals surface area contributed by atoms with Crippen molar-refractivity contribution < 1.29 is 9.53 Å². The molecule has 5 heteroatoms. The minimum Gasteiger partial charge on any atom is -0.497 e. The van der Waals surface area contributed by atoms with Crippen molar-refractivity contribution in [2.75, 3.05) is 7.11 Å². The Balaban J connectivity index is 2.27. The SMILES string of the molecule is COc1ccc(C(=O)c2ncn[nH]2)cc1. The van der Waals surface area contributed by atoms with E-state index in [0.29, 0.717) is 11.3 Å². The Morgan fingerprint density at radius 1 is 1.33 bits per heavy atom. The van der Waals surface area contributed by atoms with Crippen molar-refractivity contribution in [2.45, 2.75) is 0 Å². The largest absolute Gasteiger partial charge is 0.497 e. The second kappa shape index (κ2) is 3.91. The summed E-state index contributed by atoms with van der Waals surface area (Å²) in [6.45, 7) is 0. The van der Waals surface area contributed by atoms with Gasteiger partial charge in [0.15, 0.2) is 5.82 Å². The third kappa shape index (κ3) is 1.85. The van der Waals surface area contributed by atoms with Crippen LogP contribution >= 0.6 is 0 Å². The summed E-state index contributed by atoms with van der Waals surface area (Å²) >= 11 is 0. The summed E-state index contributed by atoms with van der Waals surface area (Å²) in [5.74, 6) is 0.763.